The van der Waals surface area contributed by atoms with E-state index in [2.05, 4.69) is 10.00 Å². The molecule has 7 nitrogen and oxygen atoms in total. The van der Waals surface area contributed by atoms with E-state index < -0.39 is 11.9 Å². The molecule has 27 heavy (non-hydrogen) atoms. The van der Waals surface area contributed by atoms with Gasteiger partial charge in [0.2, 0.25) is 0 Å². The zero-order valence-corrected chi connectivity index (χ0v) is 15.3. The minimum atomic E-state index is -0.676. The maximum atomic E-state index is 13.2. The number of amides is 1. The van der Waals surface area contributed by atoms with Crippen LogP contribution in [0.2, 0.25) is 0 Å². The van der Waals surface area contributed by atoms with Gasteiger partial charge in [-0.25, -0.2) is 9.07 Å². The molecule has 1 aromatic carbocycles. The van der Waals surface area contributed by atoms with Crippen molar-refractivity contribution in [3.63, 3.8) is 0 Å². The van der Waals surface area contributed by atoms with Gasteiger partial charge in [-0.15, -0.1) is 0 Å². The highest BCUT2D eigenvalue weighted by Crippen LogP contribution is 2.15. The van der Waals surface area contributed by atoms with Gasteiger partial charge >= 0.3 is 0 Å². The number of rotatable bonds is 6. The van der Waals surface area contributed by atoms with Crippen LogP contribution in [0.3, 0.4) is 0 Å². The summed E-state index contributed by atoms with van der Waals surface area (Å²) in [7, 11) is 0. The molecule has 1 saturated heterocycles. The fraction of sp³-hybridized carbons (Fsp3) is 0.421. The van der Waals surface area contributed by atoms with Crippen LogP contribution < -0.4 is 10.3 Å². The van der Waals surface area contributed by atoms with E-state index in [0.717, 1.165) is 13.1 Å². The number of aromatic nitrogens is 2. The van der Waals surface area contributed by atoms with Gasteiger partial charge < -0.3 is 9.64 Å². The maximum absolute atomic E-state index is 13.2. The summed E-state index contributed by atoms with van der Waals surface area (Å²) in [6.07, 6.45) is 0.920. The lowest BCUT2D eigenvalue weighted by Crippen LogP contribution is -2.52. The lowest BCUT2D eigenvalue weighted by atomic mass is 10.2. The van der Waals surface area contributed by atoms with Gasteiger partial charge in [-0.3, -0.25) is 14.5 Å². The quantitative estimate of drug-likeness (QED) is 0.755. The van der Waals surface area contributed by atoms with Crippen LogP contribution in [-0.2, 0) is 11.3 Å². The Morgan fingerprint density at radius 2 is 1.96 bits per heavy atom. The van der Waals surface area contributed by atoms with Gasteiger partial charge in [-0.05, 0) is 25.1 Å². The number of carbonyl (C=O) groups excluding carboxylic acids is 1. The average Bonchev–Trinajstić information content (AvgIpc) is 2.67. The van der Waals surface area contributed by atoms with Crippen LogP contribution >= 0.6 is 0 Å². The highest BCUT2D eigenvalue weighted by atomic mass is 19.1. The predicted octanol–water partition coefficient (Wildman–Crippen LogP) is 0.994. The lowest BCUT2D eigenvalue weighted by molar-refractivity contribution is -0.139. The van der Waals surface area contributed by atoms with Crippen LogP contribution in [0, 0.1) is 5.82 Å². The zero-order chi connectivity index (χ0) is 19.2. The Balaban J connectivity index is 1.46. The van der Waals surface area contributed by atoms with E-state index in [1.165, 1.54) is 22.9 Å². The Bertz CT molecular complexity index is 833. The second kappa shape index (κ2) is 8.77. The van der Waals surface area contributed by atoms with E-state index in [1.54, 1.807) is 36.2 Å². The number of carbonyl (C=O) groups is 1. The highest BCUT2D eigenvalue weighted by molar-refractivity contribution is 5.81. The summed E-state index contributed by atoms with van der Waals surface area (Å²) in [5.74, 6) is -0.164. The Kier molecular flexibility index (Phi) is 6.18. The summed E-state index contributed by atoms with van der Waals surface area (Å²) in [5, 5.41) is 4.04. The largest absolute Gasteiger partial charge is 0.481 e. The first kappa shape index (κ1) is 19.0. The van der Waals surface area contributed by atoms with Gasteiger partial charge in [0.05, 0.1) is 6.54 Å². The molecule has 1 fully saturated rings. The van der Waals surface area contributed by atoms with Gasteiger partial charge in [0.1, 0.15) is 11.6 Å². The van der Waals surface area contributed by atoms with E-state index in [9.17, 15) is 14.0 Å². The van der Waals surface area contributed by atoms with Crippen LogP contribution in [0.25, 0.3) is 0 Å². The maximum Gasteiger partial charge on any atom is 0.266 e. The monoisotopic (exact) mass is 374 g/mol. The van der Waals surface area contributed by atoms with Gasteiger partial charge in [-0.2, -0.15) is 5.10 Å². The molecule has 2 aromatic rings. The summed E-state index contributed by atoms with van der Waals surface area (Å²) < 4.78 is 20.2. The first-order chi connectivity index (χ1) is 13.0. The van der Waals surface area contributed by atoms with Gasteiger partial charge in [-0.1, -0.05) is 6.07 Å². The first-order valence-corrected chi connectivity index (χ1v) is 8.98. The number of halogens is 1. The van der Waals surface area contributed by atoms with E-state index in [0.29, 0.717) is 31.9 Å². The van der Waals surface area contributed by atoms with Gasteiger partial charge in [0.25, 0.3) is 11.5 Å². The average molecular weight is 374 g/mol. The molecule has 1 atom stereocenters. The molecule has 0 bridgehead atoms. The molecular weight excluding hydrogens is 351 g/mol. The van der Waals surface area contributed by atoms with Crippen molar-refractivity contribution in [2.24, 2.45) is 0 Å². The number of nitrogens with zero attached hydrogens (tertiary/aromatic N) is 4. The lowest BCUT2D eigenvalue weighted by Gasteiger charge is -2.35. The molecule has 0 saturated carbocycles. The summed E-state index contributed by atoms with van der Waals surface area (Å²) in [4.78, 5) is 28.2. The molecule has 1 aliphatic rings. The molecule has 0 radical (unpaired) electrons. The standard InChI is InChI=1S/C19H23FN4O3/c1-15(27-17-5-2-4-16(20)14-17)19(26)23-11-8-22(9-12-23)10-13-24-18(25)6-3-7-21-24/h2-7,14-15H,8-13H2,1H3. The number of hydrogen-bond donors (Lipinski definition) is 0. The van der Waals surface area contributed by atoms with Crippen molar-refractivity contribution in [3.8, 4) is 5.75 Å². The van der Waals surface area contributed by atoms with Crippen molar-refractivity contribution in [1.82, 2.24) is 19.6 Å². The molecule has 1 aliphatic heterocycles. The van der Waals surface area contributed by atoms with E-state index in [4.69, 9.17) is 4.74 Å². The van der Waals surface area contributed by atoms with E-state index in [-0.39, 0.29) is 11.5 Å². The zero-order valence-electron chi connectivity index (χ0n) is 15.3. The van der Waals surface area contributed by atoms with Crippen molar-refractivity contribution in [2.75, 3.05) is 32.7 Å². The summed E-state index contributed by atoms with van der Waals surface area (Å²) in [5.41, 5.74) is -0.116. The van der Waals surface area contributed by atoms with Crippen molar-refractivity contribution >= 4 is 5.91 Å². The highest BCUT2D eigenvalue weighted by Gasteiger charge is 2.26. The summed E-state index contributed by atoms with van der Waals surface area (Å²) in [6.45, 7) is 5.52. The van der Waals surface area contributed by atoms with Crippen LogP contribution in [0.4, 0.5) is 4.39 Å². The topological polar surface area (TPSA) is 67.7 Å². The molecular formula is C19H23FN4O3. The van der Waals surface area contributed by atoms with Crippen LogP contribution in [0.15, 0.2) is 47.4 Å². The predicted molar refractivity (Wildman–Crippen MR) is 98.0 cm³/mol. The minimum absolute atomic E-state index is 0.111. The van der Waals surface area contributed by atoms with Crippen molar-refractivity contribution in [2.45, 2.75) is 19.6 Å². The Hall–Kier alpha value is -2.74. The molecule has 1 amide bonds. The molecule has 0 N–H and O–H groups in total. The van der Waals surface area contributed by atoms with Crippen molar-refractivity contribution in [3.05, 3.63) is 58.8 Å². The second-order valence-corrected chi connectivity index (χ2v) is 6.47. The number of hydrogen-bond acceptors (Lipinski definition) is 5. The third-order valence-corrected chi connectivity index (χ3v) is 4.55. The molecule has 1 aromatic heterocycles. The first-order valence-electron chi connectivity index (χ1n) is 8.98. The van der Waals surface area contributed by atoms with Crippen LogP contribution in [0.5, 0.6) is 5.75 Å². The molecule has 144 valence electrons. The fourth-order valence-electron chi connectivity index (χ4n) is 3.04. The van der Waals surface area contributed by atoms with Crippen LogP contribution in [-0.4, -0.2) is 64.3 Å². The third-order valence-electron chi connectivity index (χ3n) is 4.55. The number of piperazine rings is 1. The smallest absolute Gasteiger partial charge is 0.266 e. The molecule has 8 heteroatoms. The van der Waals surface area contributed by atoms with Gasteiger partial charge in [0, 0.05) is 51.1 Å². The summed E-state index contributed by atoms with van der Waals surface area (Å²) in [6, 6.07) is 8.89. The normalized spacial score (nSPS) is 16.1. The van der Waals surface area contributed by atoms with E-state index >= 15 is 0 Å². The minimum Gasteiger partial charge on any atom is -0.481 e. The van der Waals surface area contributed by atoms with Crippen molar-refractivity contribution < 1.29 is 13.9 Å². The SMILES string of the molecule is CC(Oc1cccc(F)c1)C(=O)N1CCN(CCn2ncccc2=O)CC1. The molecule has 3 rings (SSSR count). The number of ether oxygens (including phenoxy) is 1. The fourth-order valence-corrected chi connectivity index (χ4v) is 3.04. The Labute approximate surface area is 157 Å². The Morgan fingerprint density at radius 1 is 1.19 bits per heavy atom. The Morgan fingerprint density at radius 3 is 2.67 bits per heavy atom. The second-order valence-electron chi connectivity index (χ2n) is 6.47. The van der Waals surface area contributed by atoms with Crippen molar-refractivity contribution in [1.29, 1.82) is 0 Å². The molecule has 0 spiro atoms. The van der Waals surface area contributed by atoms with Crippen LogP contribution in [0.1, 0.15) is 6.92 Å². The molecule has 2 heterocycles. The molecule has 1 unspecified atom stereocenters. The third kappa shape index (κ3) is 5.13. The van der Waals surface area contributed by atoms with E-state index in [1.807, 2.05) is 0 Å². The number of benzene rings is 1. The van der Waals surface area contributed by atoms with Gasteiger partial charge in [0.15, 0.2) is 6.10 Å². The molecule has 0 aliphatic carbocycles. The summed E-state index contributed by atoms with van der Waals surface area (Å²) >= 11 is 0.